The first-order valence-corrected chi connectivity index (χ1v) is 11.3. The molecule has 0 saturated heterocycles. The molecule has 7 heteroatoms. The first-order valence-electron chi connectivity index (χ1n) is 9.43. The van der Waals surface area contributed by atoms with Gasteiger partial charge in [-0.1, -0.05) is 45.0 Å². The molecule has 1 N–H and O–H groups in total. The van der Waals surface area contributed by atoms with E-state index in [1.807, 2.05) is 19.1 Å². The summed E-state index contributed by atoms with van der Waals surface area (Å²) >= 11 is 0. The smallest absolute Gasteiger partial charge is 0.241 e. The van der Waals surface area contributed by atoms with Crippen LogP contribution in [0.5, 0.6) is 5.75 Å². The van der Waals surface area contributed by atoms with Crippen molar-refractivity contribution in [2.24, 2.45) is 0 Å². The van der Waals surface area contributed by atoms with Crippen molar-refractivity contribution < 1.29 is 17.9 Å². The fraction of sp³-hybridized carbons (Fsp3) is 0.409. The molecule has 29 heavy (non-hydrogen) atoms. The number of ether oxygens (including phenoxy) is 1. The number of hydrogen-bond acceptors (Lipinski definition) is 4. The molecule has 6 nitrogen and oxygen atoms in total. The highest BCUT2D eigenvalue weighted by atomic mass is 32.2. The van der Waals surface area contributed by atoms with Gasteiger partial charge in [0.05, 0.1) is 25.1 Å². The molecule has 2 aromatic rings. The van der Waals surface area contributed by atoms with Gasteiger partial charge in [-0.25, -0.2) is 8.42 Å². The van der Waals surface area contributed by atoms with Crippen molar-refractivity contribution in [3.05, 3.63) is 59.7 Å². The van der Waals surface area contributed by atoms with Gasteiger partial charge in [0, 0.05) is 0 Å². The fourth-order valence-electron chi connectivity index (χ4n) is 2.92. The number of nitrogens with one attached hydrogen (secondary N) is 1. The van der Waals surface area contributed by atoms with Crippen molar-refractivity contribution in [2.75, 3.05) is 24.2 Å². The van der Waals surface area contributed by atoms with Gasteiger partial charge >= 0.3 is 0 Å². The molecule has 0 aliphatic carbocycles. The van der Waals surface area contributed by atoms with E-state index in [0.29, 0.717) is 11.4 Å². The third kappa shape index (κ3) is 6.22. The lowest BCUT2D eigenvalue weighted by Crippen LogP contribution is -2.41. The predicted molar refractivity (Wildman–Crippen MR) is 117 cm³/mol. The van der Waals surface area contributed by atoms with Crippen LogP contribution in [0, 0.1) is 0 Å². The third-order valence-electron chi connectivity index (χ3n) is 4.70. The zero-order valence-corrected chi connectivity index (χ0v) is 18.7. The summed E-state index contributed by atoms with van der Waals surface area (Å²) in [6, 6.07) is 14.4. The number of sulfonamides is 1. The number of rotatable bonds is 7. The Bertz CT molecular complexity index is 930. The average Bonchev–Trinajstić information content (AvgIpc) is 2.64. The van der Waals surface area contributed by atoms with E-state index in [1.54, 1.807) is 24.3 Å². The number of carbonyl (C=O) groups excluding carboxylic acids is 1. The number of anilines is 1. The molecular formula is C22H30N2O4S. The summed E-state index contributed by atoms with van der Waals surface area (Å²) in [4.78, 5) is 12.6. The van der Waals surface area contributed by atoms with Crippen molar-refractivity contribution in [1.82, 2.24) is 5.32 Å². The van der Waals surface area contributed by atoms with Crippen LogP contribution in [0.25, 0.3) is 0 Å². The van der Waals surface area contributed by atoms with E-state index in [0.717, 1.165) is 16.1 Å². The molecule has 1 amide bonds. The van der Waals surface area contributed by atoms with E-state index in [4.69, 9.17) is 4.74 Å². The Morgan fingerprint density at radius 1 is 1.07 bits per heavy atom. The van der Waals surface area contributed by atoms with Crippen LogP contribution in [0.15, 0.2) is 48.5 Å². The Labute approximate surface area is 173 Å². The highest BCUT2D eigenvalue weighted by Gasteiger charge is 2.22. The predicted octanol–water partition coefficient (Wildman–Crippen LogP) is 3.64. The van der Waals surface area contributed by atoms with Crippen LogP contribution >= 0.6 is 0 Å². The van der Waals surface area contributed by atoms with Crippen LogP contribution in [-0.2, 0) is 20.2 Å². The van der Waals surface area contributed by atoms with Crippen molar-refractivity contribution in [3.63, 3.8) is 0 Å². The first kappa shape index (κ1) is 22.7. The summed E-state index contributed by atoms with van der Waals surface area (Å²) in [7, 11) is -2.09. The molecule has 0 aliphatic rings. The number of amides is 1. The van der Waals surface area contributed by atoms with Gasteiger partial charge in [0.15, 0.2) is 0 Å². The second kappa shape index (κ2) is 8.86. The minimum Gasteiger partial charge on any atom is -0.497 e. The molecule has 0 bridgehead atoms. The number of nitrogens with zero attached hydrogens (tertiary/aromatic N) is 1. The lowest BCUT2D eigenvalue weighted by atomic mass is 9.86. The van der Waals surface area contributed by atoms with Crippen molar-refractivity contribution in [1.29, 1.82) is 0 Å². The zero-order chi connectivity index (χ0) is 21.8. The van der Waals surface area contributed by atoms with E-state index in [2.05, 4.69) is 38.2 Å². The van der Waals surface area contributed by atoms with Gasteiger partial charge in [-0.05, 0) is 47.7 Å². The number of methoxy groups -OCH3 is 1. The lowest BCUT2D eigenvalue weighted by Gasteiger charge is -2.24. The molecule has 2 aromatic carbocycles. The van der Waals surface area contributed by atoms with E-state index >= 15 is 0 Å². The Morgan fingerprint density at radius 3 is 2.07 bits per heavy atom. The summed E-state index contributed by atoms with van der Waals surface area (Å²) in [5, 5.41) is 2.88. The Kier molecular flexibility index (Phi) is 6.95. The highest BCUT2D eigenvalue weighted by Crippen LogP contribution is 2.24. The van der Waals surface area contributed by atoms with E-state index in [-0.39, 0.29) is 23.9 Å². The van der Waals surface area contributed by atoms with Crippen molar-refractivity contribution in [3.8, 4) is 5.75 Å². The van der Waals surface area contributed by atoms with Gasteiger partial charge in [-0.2, -0.15) is 0 Å². The summed E-state index contributed by atoms with van der Waals surface area (Å²) in [5.74, 6) is 0.234. The molecule has 0 fully saturated rings. The van der Waals surface area contributed by atoms with Crippen LogP contribution in [0.4, 0.5) is 5.69 Å². The summed E-state index contributed by atoms with van der Waals surface area (Å²) in [6.45, 7) is 8.02. The monoisotopic (exact) mass is 418 g/mol. The molecule has 0 spiro atoms. The summed E-state index contributed by atoms with van der Waals surface area (Å²) in [5.41, 5.74) is 2.63. The fourth-order valence-corrected chi connectivity index (χ4v) is 3.78. The minimum absolute atomic E-state index is 0.0549. The van der Waals surface area contributed by atoms with E-state index in [9.17, 15) is 13.2 Å². The average molecular weight is 419 g/mol. The van der Waals surface area contributed by atoms with Crippen LogP contribution in [0.1, 0.15) is 44.9 Å². The normalized spacial score (nSPS) is 12.9. The first-order chi connectivity index (χ1) is 13.4. The zero-order valence-electron chi connectivity index (χ0n) is 17.9. The molecule has 0 aliphatic heterocycles. The van der Waals surface area contributed by atoms with Crippen molar-refractivity contribution in [2.45, 2.75) is 39.2 Å². The van der Waals surface area contributed by atoms with Crippen LogP contribution in [-0.4, -0.2) is 34.2 Å². The Balaban J connectivity index is 2.11. The van der Waals surface area contributed by atoms with Crippen LogP contribution in [0.2, 0.25) is 0 Å². The Hall–Kier alpha value is -2.54. The van der Waals surface area contributed by atoms with Crippen LogP contribution in [0.3, 0.4) is 0 Å². The van der Waals surface area contributed by atoms with Gasteiger partial charge in [-0.3, -0.25) is 9.10 Å². The highest BCUT2D eigenvalue weighted by molar-refractivity contribution is 7.92. The van der Waals surface area contributed by atoms with Gasteiger partial charge in [-0.15, -0.1) is 0 Å². The maximum absolute atomic E-state index is 12.6. The SMILES string of the molecule is COc1ccc(N(CC(=O)N[C@H](C)c2ccc(C(C)(C)C)cc2)S(C)(=O)=O)cc1. The minimum atomic E-state index is -3.62. The lowest BCUT2D eigenvalue weighted by molar-refractivity contribution is -0.120. The number of carbonyl (C=O) groups is 1. The molecule has 1 atom stereocenters. The van der Waals surface area contributed by atoms with E-state index < -0.39 is 10.0 Å². The molecule has 158 valence electrons. The summed E-state index contributed by atoms with van der Waals surface area (Å²) < 4.78 is 30.6. The van der Waals surface area contributed by atoms with Gasteiger partial charge in [0.1, 0.15) is 12.3 Å². The largest absolute Gasteiger partial charge is 0.497 e. The number of hydrogen-bond donors (Lipinski definition) is 1. The molecule has 0 unspecified atom stereocenters. The van der Waals surface area contributed by atoms with Gasteiger partial charge < -0.3 is 10.1 Å². The second-order valence-corrected chi connectivity index (χ2v) is 10.0. The van der Waals surface area contributed by atoms with Gasteiger partial charge in [0.2, 0.25) is 15.9 Å². The molecule has 0 saturated carbocycles. The molecule has 0 radical (unpaired) electrons. The standard InChI is InChI=1S/C22H30N2O4S/c1-16(17-7-9-18(10-8-17)22(2,3)4)23-21(25)15-24(29(6,26)27)19-11-13-20(28-5)14-12-19/h7-14,16H,15H2,1-6H3,(H,23,25)/t16-/m1/s1. The van der Waals surface area contributed by atoms with Crippen LogP contribution < -0.4 is 14.4 Å². The molecule has 2 rings (SSSR count). The Morgan fingerprint density at radius 2 is 1.62 bits per heavy atom. The third-order valence-corrected chi connectivity index (χ3v) is 5.84. The van der Waals surface area contributed by atoms with Crippen molar-refractivity contribution >= 4 is 21.6 Å². The molecule has 0 aromatic heterocycles. The molecule has 0 heterocycles. The summed E-state index contributed by atoms with van der Waals surface area (Å²) in [6.07, 6.45) is 1.08. The topological polar surface area (TPSA) is 75.7 Å². The van der Waals surface area contributed by atoms with Gasteiger partial charge in [0.25, 0.3) is 0 Å². The maximum Gasteiger partial charge on any atom is 0.241 e. The molecular weight excluding hydrogens is 388 g/mol. The number of benzene rings is 2. The quantitative estimate of drug-likeness (QED) is 0.745. The van der Waals surface area contributed by atoms with E-state index in [1.165, 1.54) is 12.7 Å². The second-order valence-electron chi connectivity index (χ2n) is 8.13. The maximum atomic E-state index is 12.6.